The van der Waals surface area contributed by atoms with Crippen molar-refractivity contribution in [3.63, 3.8) is 0 Å². The van der Waals surface area contributed by atoms with E-state index in [-0.39, 0.29) is 29.7 Å². The molecule has 7 heteroatoms. The molecule has 190 valence electrons. The van der Waals surface area contributed by atoms with Crippen LogP contribution in [0.1, 0.15) is 60.5 Å². The monoisotopic (exact) mass is 473 g/mol. The second-order valence-electron chi connectivity index (χ2n) is 9.32. The van der Waals surface area contributed by atoms with Gasteiger partial charge in [0, 0.05) is 12.6 Å². The Bertz CT molecular complexity index is 845. The minimum atomic E-state index is -0.953. The van der Waals surface area contributed by atoms with Crippen molar-refractivity contribution in [1.29, 1.82) is 0 Å². The molecule has 1 aromatic rings. The van der Waals surface area contributed by atoms with Crippen molar-refractivity contribution in [2.75, 3.05) is 20.7 Å². The second kappa shape index (κ2) is 13.3. The van der Waals surface area contributed by atoms with Crippen molar-refractivity contribution in [3.05, 3.63) is 47.5 Å². The van der Waals surface area contributed by atoms with Gasteiger partial charge in [-0.15, -0.1) is 0 Å². The fourth-order valence-corrected chi connectivity index (χ4v) is 4.12. The highest BCUT2D eigenvalue weighted by Crippen LogP contribution is 2.26. The molecule has 0 aromatic heterocycles. The van der Waals surface area contributed by atoms with Crippen molar-refractivity contribution in [1.82, 2.24) is 15.5 Å². The van der Waals surface area contributed by atoms with Gasteiger partial charge in [0.2, 0.25) is 11.8 Å². The number of hydrogen-bond acceptors (Lipinski definition) is 5. The van der Waals surface area contributed by atoms with E-state index in [1.807, 2.05) is 65.0 Å². The van der Waals surface area contributed by atoms with Crippen LogP contribution in [0.3, 0.4) is 0 Å². The molecule has 2 N–H and O–H groups in total. The smallest absolute Gasteiger partial charge is 0.333 e. The third-order valence-corrected chi connectivity index (χ3v) is 6.33. The third kappa shape index (κ3) is 6.92. The maximum absolute atomic E-state index is 13.6. The number of ether oxygens (including phenoxy) is 1. The van der Waals surface area contributed by atoms with Crippen LogP contribution in [-0.4, -0.2) is 55.5 Å². The lowest BCUT2D eigenvalue weighted by Gasteiger charge is -2.37. The van der Waals surface area contributed by atoms with Crippen LogP contribution in [0.15, 0.2) is 42.0 Å². The lowest BCUT2D eigenvalue weighted by atomic mass is 9.85. The number of benzene rings is 1. The lowest BCUT2D eigenvalue weighted by Crippen LogP contribution is -2.60. The van der Waals surface area contributed by atoms with E-state index in [2.05, 4.69) is 10.6 Å². The molecule has 1 unspecified atom stereocenters. The Labute approximate surface area is 205 Å². The molecule has 0 saturated carbocycles. The Hall–Kier alpha value is -2.67. The van der Waals surface area contributed by atoms with Crippen LogP contribution in [0.25, 0.3) is 0 Å². The van der Waals surface area contributed by atoms with Gasteiger partial charge >= 0.3 is 5.97 Å². The molecule has 1 aromatic carbocycles. The highest BCUT2D eigenvalue weighted by atomic mass is 16.5. The number of nitrogens with zero attached hydrogens (tertiary/aromatic N) is 1. The maximum atomic E-state index is 13.6. The minimum Gasteiger partial charge on any atom is -0.463 e. The predicted octanol–water partition coefficient (Wildman–Crippen LogP) is 3.64. The fraction of sp³-hybridized carbons (Fsp3) is 0.593. The molecule has 2 amide bonds. The minimum absolute atomic E-state index is 0.0539. The first-order valence-electron chi connectivity index (χ1n) is 12.1. The average Bonchev–Trinajstić information content (AvgIpc) is 2.81. The molecular weight excluding hydrogens is 430 g/mol. The SMILES string of the molecule is CCOC(=O)/C(C)=C/[C@H](C(C)C)N(C)C(=O)[C@@H](NC(=O)C(CC)(NC)c1ccccc1)C(C)C. The molecule has 0 fully saturated rings. The number of esters is 1. The van der Waals surface area contributed by atoms with E-state index >= 15 is 0 Å². The highest BCUT2D eigenvalue weighted by Gasteiger charge is 2.40. The van der Waals surface area contributed by atoms with Crippen molar-refractivity contribution < 1.29 is 19.1 Å². The number of nitrogens with one attached hydrogen (secondary N) is 2. The van der Waals surface area contributed by atoms with Gasteiger partial charge in [0.15, 0.2) is 0 Å². The molecule has 0 heterocycles. The number of rotatable bonds is 12. The van der Waals surface area contributed by atoms with Crippen LogP contribution >= 0.6 is 0 Å². The molecular formula is C27H43N3O4. The van der Waals surface area contributed by atoms with Crippen molar-refractivity contribution >= 4 is 17.8 Å². The summed E-state index contributed by atoms with van der Waals surface area (Å²) in [4.78, 5) is 41.0. The third-order valence-electron chi connectivity index (χ3n) is 6.33. The van der Waals surface area contributed by atoms with E-state index < -0.39 is 17.6 Å². The molecule has 0 saturated heterocycles. The van der Waals surface area contributed by atoms with E-state index in [0.717, 1.165) is 5.56 Å². The standard InChI is InChI=1S/C27H43N3O4/c1-10-27(28-8,21-15-13-12-14-16-21)26(33)29-23(19(5)6)24(31)30(9)22(18(3)4)17-20(7)25(32)34-11-2/h12-19,22-23,28H,10-11H2,1-9H3,(H,29,33)/b20-17+/t22-,23+,27?/m1/s1. The molecule has 1 rings (SSSR count). The fourth-order valence-electron chi connectivity index (χ4n) is 4.12. The van der Waals surface area contributed by atoms with Gasteiger partial charge in [-0.25, -0.2) is 4.79 Å². The van der Waals surface area contributed by atoms with Gasteiger partial charge in [-0.05, 0) is 44.7 Å². The molecule has 0 aliphatic rings. The average molecular weight is 474 g/mol. The van der Waals surface area contributed by atoms with E-state index in [1.165, 1.54) is 0 Å². The molecule has 0 aliphatic carbocycles. The lowest BCUT2D eigenvalue weighted by molar-refractivity contribution is -0.140. The van der Waals surface area contributed by atoms with Gasteiger partial charge < -0.3 is 20.3 Å². The van der Waals surface area contributed by atoms with E-state index in [4.69, 9.17) is 4.74 Å². The number of carbonyl (C=O) groups is 3. The molecule has 0 spiro atoms. The Morgan fingerprint density at radius 3 is 2.09 bits per heavy atom. The Balaban J connectivity index is 3.25. The summed E-state index contributed by atoms with van der Waals surface area (Å²) in [6.07, 6.45) is 2.29. The van der Waals surface area contributed by atoms with Crippen LogP contribution in [0.5, 0.6) is 0 Å². The summed E-state index contributed by atoms with van der Waals surface area (Å²) in [6.45, 7) is 13.5. The number of amides is 2. The summed E-state index contributed by atoms with van der Waals surface area (Å²) in [6, 6.07) is 8.47. The van der Waals surface area contributed by atoms with Crippen molar-refractivity contribution in [3.8, 4) is 0 Å². The van der Waals surface area contributed by atoms with Gasteiger partial charge in [0.05, 0.1) is 12.6 Å². The molecule has 3 atom stereocenters. The zero-order chi connectivity index (χ0) is 26.1. The summed E-state index contributed by atoms with van der Waals surface area (Å²) >= 11 is 0. The van der Waals surface area contributed by atoms with Gasteiger partial charge in [-0.1, -0.05) is 71.0 Å². The molecule has 0 bridgehead atoms. The Morgan fingerprint density at radius 2 is 1.65 bits per heavy atom. The van der Waals surface area contributed by atoms with E-state index in [0.29, 0.717) is 18.6 Å². The van der Waals surface area contributed by atoms with E-state index in [1.54, 1.807) is 38.9 Å². The summed E-state index contributed by atoms with van der Waals surface area (Å²) in [7, 11) is 3.47. The van der Waals surface area contributed by atoms with Gasteiger partial charge in [0.25, 0.3) is 0 Å². The predicted molar refractivity (Wildman–Crippen MR) is 136 cm³/mol. The van der Waals surface area contributed by atoms with Crippen LogP contribution in [-0.2, 0) is 24.7 Å². The first kappa shape index (κ1) is 29.4. The Morgan fingerprint density at radius 1 is 1.06 bits per heavy atom. The largest absolute Gasteiger partial charge is 0.463 e. The Kier molecular flexibility index (Phi) is 11.5. The van der Waals surface area contributed by atoms with Gasteiger partial charge in [0.1, 0.15) is 11.6 Å². The topological polar surface area (TPSA) is 87.7 Å². The summed E-state index contributed by atoms with van der Waals surface area (Å²) in [5.41, 5.74) is 0.342. The highest BCUT2D eigenvalue weighted by molar-refractivity contribution is 5.93. The molecule has 34 heavy (non-hydrogen) atoms. The van der Waals surface area contributed by atoms with Gasteiger partial charge in [-0.3, -0.25) is 9.59 Å². The molecule has 0 radical (unpaired) electrons. The molecule has 0 aliphatic heterocycles. The maximum Gasteiger partial charge on any atom is 0.333 e. The molecule has 7 nitrogen and oxygen atoms in total. The van der Waals surface area contributed by atoms with Crippen LogP contribution in [0, 0.1) is 11.8 Å². The second-order valence-corrected chi connectivity index (χ2v) is 9.32. The zero-order valence-electron chi connectivity index (χ0n) is 22.3. The first-order chi connectivity index (χ1) is 16.0. The van der Waals surface area contributed by atoms with Crippen LogP contribution in [0.4, 0.5) is 0 Å². The first-order valence-corrected chi connectivity index (χ1v) is 12.1. The zero-order valence-corrected chi connectivity index (χ0v) is 22.3. The van der Waals surface area contributed by atoms with Crippen molar-refractivity contribution in [2.45, 2.75) is 72.5 Å². The quantitative estimate of drug-likeness (QED) is 0.357. The number of carbonyl (C=O) groups excluding carboxylic acids is 3. The summed E-state index contributed by atoms with van der Waals surface area (Å²) in [5.74, 6) is -0.929. The number of likely N-dealkylation sites (N-methyl/N-ethyl adjacent to an activating group) is 2. The normalized spacial score (nSPS) is 15.4. The van der Waals surface area contributed by atoms with Crippen LogP contribution in [0.2, 0.25) is 0 Å². The summed E-state index contributed by atoms with van der Waals surface area (Å²) in [5, 5.41) is 6.21. The summed E-state index contributed by atoms with van der Waals surface area (Å²) < 4.78 is 5.09. The van der Waals surface area contributed by atoms with Crippen molar-refractivity contribution in [2.24, 2.45) is 11.8 Å². The number of hydrogen-bond donors (Lipinski definition) is 2. The van der Waals surface area contributed by atoms with Gasteiger partial charge in [-0.2, -0.15) is 0 Å². The van der Waals surface area contributed by atoms with Crippen LogP contribution < -0.4 is 10.6 Å². The van der Waals surface area contributed by atoms with E-state index in [9.17, 15) is 14.4 Å².